The number of nitrogens with one attached hydrogen (secondary N) is 1. The number of hydrogen-bond donors (Lipinski definition) is 1. The quantitative estimate of drug-likeness (QED) is 0.842. The van der Waals surface area contributed by atoms with Gasteiger partial charge >= 0.3 is 0 Å². The summed E-state index contributed by atoms with van der Waals surface area (Å²) in [6.07, 6.45) is 2.93. The van der Waals surface area contributed by atoms with Gasteiger partial charge in [-0.05, 0) is 36.1 Å². The Morgan fingerprint density at radius 1 is 1.00 bits per heavy atom. The average Bonchev–Trinajstić information content (AvgIpc) is 3.32. The molecule has 0 bridgehead atoms. The van der Waals surface area contributed by atoms with Gasteiger partial charge in [0, 0.05) is 44.3 Å². The van der Waals surface area contributed by atoms with Gasteiger partial charge in [-0.15, -0.1) is 0 Å². The van der Waals surface area contributed by atoms with Crippen LogP contribution in [0.3, 0.4) is 0 Å². The van der Waals surface area contributed by atoms with Crippen LogP contribution in [0, 0.1) is 0 Å². The van der Waals surface area contributed by atoms with Gasteiger partial charge in [-0.3, -0.25) is 14.5 Å². The third-order valence-corrected chi connectivity index (χ3v) is 5.57. The molecule has 2 aliphatic heterocycles. The third-order valence-electron chi connectivity index (χ3n) is 5.57. The van der Waals surface area contributed by atoms with Crippen LogP contribution >= 0.6 is 0 Å². The Bertz CT molecular complexity index is 820. The van der Waals surface area contributed by atoms with Crippen LogP contribution in [0.2, 0.25) is 0 Å². The van der Waals surface area contributed by atoms with Crippen LogP contribution in [0.4, 0.5) is 5.69 Å². The van der Waals surface area contributed by atoms with E-state index in [1.807, 2.05) is 35.2 Å². The predicted molar refractivity (Wildman–Crippen MR) is 110 cm³/mol. The first-order valence-corrected chi connectivity index (χ1v) is 10.1. The number of likely N-dealkylation sites (tertiary alicyclic amines) is 1. The van der Waals surface area contributed by atoms with Crippen LogP contribution in [-0.4, -0.2) is 42.4 Å². The zero-order valence-corrected chi connectivity index (χ0v) is 16.1. The molecule has 2 aromatic carbocycles. The number of rotatable bonds is 6. The SMILES string of the molecule is O=C(Cc1ccc(N2CCCC2=O)cc1)N[C@H]1CCN(Cc2ccccc2)C1. The summed E-state index contributed by atoms with van der Waals surface area (Å²) in [4.78, 5) is 28.5. The van der Waals surface area contributed by atoms with E-state index in [1.165, 1.54) is 5.56 Å². The fourth-order valence-electron chi connectivity index (χ4n) is 4.11. The van der Waals surface area contributed by atoms with Gasteiger partial charge in [0.2, 0.25) is 11.8 Å². The minimum absolute atomic E-state index is 0.0663. The molecular formula is C23H27N3O2. The van der Waals surface area contributed by atoms with Crippen LogP contribution in [0.15, 0.2) is 54.6 Å². The fourth-order valence-corrected chi connectivity index (χ4v) is 4.11. The molecule has 2 fully saturated rings. The van der Waals surface area contributed by atoms with Crippen molar-refractivity contribution in [2.45, 2.75) is 38.3 Å². The molecule has 5 nitrogen and oxygen atoms in total. The van der Waals surface area contributed by atoms with Crippen molar-refractivity contribution in [3.05, 3.63) is 65.7 Å². The third kappa shape index (κ3) is 4.60. The molecule has 0 unspecified atom stereocenters. The molecule has 0 saturated carbocycles. The average molecular weight is 377 g/mol. The van der Waals surface area contributed by atoms with Crippen molar-refractivity contribution in [1.82, 2.24) is 10.2 Å². The summed E-state index contributed by atoms with van der Waals surface area (Å²) < 4.78 is 0. The minimum atomic E-state index is 0.0663. The molecule has 2 aromatic rings. The molecule has 146 valence electrons. The molecule has 5 heteroatoms. The molecular weight excluding hydrogens is 350 g/mol. The van der Waals surface area contributed by atoms with Gasteiger partial charge < -0.3 is 10.2 Å². The molecule has 2 saturated heterocycles. The molecule has 2 amide bonds. The maximum absolute atomic E-state index is 12.4. The lowest BCUT2D eigenvalue weighted by Gasteiger charge is -2.17. The van der Waals surface area contributed by atoms with Gasteiger partial charge in [-0.25, -0.2) is 0 Å². The second-order valence-electron chi connectivity index (χ2n) is 7.77. The molecule has 0 aromatic heterocycles. The number of anilines is 1. The molecule has 2 aliphatic rings. The highest BCUT2D eigenvalue weighted by Crippen LogP contribution is 2.22. The Labute approximate surface area is 166 Å². The number of hydrogen-bond acceptors (Lipinski definition) is 3. The highest BCUT2D eigenvalue weighted by atomic mass is 16.2. The highest BCUT2D eigenvalue weighted by Gasteiger charge is 2.24. The summed E-state index contributed by atoms with van der Waals surface area (Å²) in [6.45, 7) is 3.64. The molecule has 4 rings (SSSR count). The van der Waals surface area contributed by atoms with E-state index in [-0.39, 0.29) is 17.9 Å². The first kappa shape index (κ1) is 18.7. The molecule has 1 N–H and O–H groups in total. The molecule has 0 spiro atoms. The lowest BCUT2D eigenvalue weighted by atomic mass is 10.1. The van der Waals surface area contributed by atoms with E-state index in [0.717, 1.165) is 50.3 Å². The van der Waals surface area contributed by atoms with Crippen LogP contribution in [0.5, 0.6) is 0 Å². The van der Waals surface area contributed by atoms with Gasteiger partial charge in [-0.1, -0.05) is 42.5 Å². The standard InChI is InChI=1S/C23H27N3O2/c27-22(15-18-8-10-21(11-9-18)26-13-4-7-23(26)28)24-20-12-14-25(17-20)16-19-5-2-1-3-6-19/h1-3,5-6,8-11,20H,4,7,12-17H2,(H,24,27)/t20-/m0/s1. The molecule has 0 aliphatic carbocycles. The van der Waals surface area contributed by atoms with Crippen molar-refractivity contribution < 1.29 is 9.59 Å². The normalized spacial score (nSPS) is 19.9. The fraction of sp³-hybridized carbons (Fsp3) is 0.391. The zero-order chi connectivity index (χ0) is 19.3. The van der Waals surface area contributed by atoms with E-state index < -0.39 is 0 Å². The van der Waals surface area contributed by atoms with Crippen LogP contribution in [0.1, 0.15) is 30.4 Å². The van der Waals surface area contributed by atoms with Gasteiger partial charge in [-0.2, -0.15) is 0 Å². The predicted octanol–water partition coefficient (Wildman–Crippen LogP) is 2.75. The number of benzene rings is 2. The monoisotopic (exact) mass is 377 g/mol. The lowest BCUT2D eigenvalue weighted by Crippen LogP contribution is -2.37. The molecule has 1 atom stereocenters. The molecule has 28 heavy (non-hydrogen) atoms. The van der Waals surface area contributed by atoms with Crippen molar-refractivity contribution in [2.75, 3.05) is 24.5 Å². The van der Waals surface area contributed by atoms with E-state index in [1.54, 1.807) is 0 Å². The van der Waals surface area contributed by atoms with Crippen LogP contribution < -0.4 is 10.2 Å². The summed E-state index contributed by atoms with van der Waals surface area (Å²) >= 11 is 0. The number of carbonyl (C=O) groups excluding carboxylic acids is 2. The van der Waals surface area contributed by atoms with Gasteiger partial charge in [0.05, 0.1) is 6.42 Å². The van der Waals surface area contributed by atoms with E-state index in [2.05, 4.69) is 34.5 Å². The zero-order valence-electron chi connectivity index (χ0n) is 16.1. The van der Waals surface area contributed by atoms with Gasteiger partial charge in [0.1, 0.15) is 0 Å². The number of carbonyl (C=O) groups is 2. The number of nitrogens with zero attached hydrogens (tertiary/aromatic N) is 2. The van der Waals surface area contributed by atoms with Crippen molar-refractivity contribution >= 4 is 17.5 Å². The van der Waals surface area contributed by atoms with Gasteiger partial charge in [0.15, 0.2) is 0 Å². The Hall–Kier alpha value is -2.66. The molecule has 0 radical (unpaired) electrons. The summed E-state index contributed by atoms with van der Waals surface area (Å²) in [7, 11) is 0. The van der Waals surface area contributed by atoms with Crippen LogP contribution in [0.25, 0.3) is 0 Å². The largest absolute Gasteiger partial charge is 0.352 e. The van der Waals surface area contributed by atoms with Crippen molar-refractivity contribution in [1.29, 1.82) is 0 Å². The smallest absolute Gasteiger partial charge is 0.227 e. The molecule has 2 heterocycles. The maximum Gasteiger partial charge on any atom is 0.227 e. The van der Waals surface area contributed by atoms with Crippen LogP contribution in [-0.2, 0) is 22.6 Å². The summed E-state index contributed by atoms with van der Waals surface area (Å²) in [5.74, 6) is 0.253. The Balaban J connectivity index is 1.25. The first-order valence-electron chi connectivity index (χ1n) is 10.1. The second-order valence-corrected chi connectivity index (χ2v) is 7.77. The minimum Gasteiger partial charge on any atom is -0.352 e. The van der Waals surface area contributed by atoms with E-state index in [0.29, 0.717) is 12.8 Å². The van der Waals surface area contributed by atoms with E-state index >= 15 is 0 Å². The van der Waals surface area contributed by atoms with Crippen molar-refractivity contribution in [3.63, 3.8) is 0 Å². The van der Waals surface area contributed by atoms with Crippen molar-refractivity contribution in [2.24, 2.45) is 0 Å². The lowest BCUT2D eigenvalue weighted by molar-refractivity contribution is -0.121. The Kier molecular flexibility index (Phi) is 5.72. The second kappa shape index (κ2) is 8.57. The topological polar surface area (TPSA) is 52.7 Å². The van der Waals surface area contributed by atoms with E-state index in [9.17, 15) is 9.59 Å². The Morgan fingerprint density at radius 2 is 1.79 bits per heavy atom. The summed E-state index contributed by atoms with van der Waals surface area (Å²) in [6, 6.07) is 18.5. The Morgan fingerprint density at radius 3 is 2.50 bits per heavy atom. The summed E-state index contributed by atoms with van der Waals surface area (Å²) in [5.41, 5.74) is 3.22. The van der Waals surface area contributed by atoms with Gasteiger partial charge in [0.25, 0.3) is 0 Å². The summed E-state index contributed by atoms with van der Waals surface area (Å²) in [5, 5.41) is 3.17. The maximum atomic E-state index is 12.4. The van der Waals surface area contributed by atoms with Crippen molar-refractivity contribution in [3.8, 4) is 0 Å². The highest BCUT2D eigenvalue weighted by molar-refractivity contribution is 5.95. The van der Waals surface area contributed by atoms with E-state index in [4.69, 9.17) is 0 Å². The first-order chi connectivity index (χ1) is 13.7. The number of amides is 2.